The smallest absolute Gasteiger partial charge is 0.254 e. The highest BCUT2D eigenvalue weighted by atomic mass is 32.2. The van der Waals surface area contributed by atoms with Crippen LogP contribution in [-0.2, 0) is 0 Å². The molecule has 0 bridgehead atoms. The van der Waals surface area contributed by atoms with Crippen LogP contribution >= 0.6 is 11.8 Å². The second kappa shape index (κ2) is 6.86. The van der Waals surface area contributed by atoms with Crippen molar-refractivity contribution in [3.8, 4) is 0 Å². The minimum Gasteiger partial charge on any atom is -0.390 e. The van der Waals surface area contributed by atoms with E-state index in [0.29, 0.717) is 18.1 Å². The molecule has 2 N–H and O–H groups in total. The number of amides is 1. The summed E-state index contributed by atoms with van der Waals surface area (Å²) in [5.74, 6) is -0.906. The summed E-state index contributed by atoms with van der Waals surface area (Å²) in [4.78, 5) is 11.6. The summed E-state index contributed by atoms with van der Waals surface area (Å²) < 4.78 is 26.2. The first-order valence-electron chi connectivity index (χ1n) is 5.83. The number of hydrogen-bond acceptors (Lipinski definition) is 3. The van der Waals surface area contributed by atoms with Crippen LogP contribution in [0.2, 0.25) is 0 Å². The van der Waals surface area contributed by atoms with E-state index in [1.165, 1.54) is 11.8 Å². The highest BCUT2D eigenvalue weighted by molar-refractivity contribution is 7.99. The molecular weight excluding hydrogens is 272 g/mol. The number of carbonyl (C=O) groups is 1. The van der Waals surface area contributed by atoms with Crippen molar-refractivity contribution in [1.82, 2.24) is 5.32 Å². The quantitative estimate of drug-likeness (QED) is 0.789. The van der Waals surface area contributed by atoms with Crippen LogP contribution in [0.15, 0.2) is 18.2 Å². The van der Waals surface area contributed by atoms with Gasteiger partial charge in [-0.25, -0.2) is 8.78 Å². The molecular formula is C13H17F2NO2S. The summed E-state index contributed by atoms with van der Waals surface area (Å²) in [6.07, 6.45) is 0. The minimum atomic E-state index is -0.761. The number of hydrogen-bond donors (Lipinski definition) is 2. The van der Waals surface area contributed by atoms with Gasteiger partial charge in [0.15, 0.2) is 0 Å². The fourth-order valence-corrected chi connectivity index (χ4v) is 2.22. The van der Waals surface area contributed by atoms with Gasteiger partial charge in [-0.1, -0.05) is 0 Å². The Morgan fingerprint density at radius 1 is 1.42 bits per heavy atom. The Hall–Kier alpha value is -1.14. The summed E-state index contributed by atoms with van der Waals surface area (Å²) in [7, 11) is 0. The molecule has 0 atom stereocenters. The van der Waals surface area contributed by atoms with Gasteiger partial charge in [-0.15, -0.1) is 0 Å². The van der Waals surface area contributed by atoms with Crippen LogP contribution in [0, 0.1) is 11.6 Å². The van der Waals surface area contributed by atoms with Crippen molar-refractivity contribution in [2.75, 3.05) is 18.1 Å². The molecule has 0 aromatic heterocycles. The molecule has 3 nitrogen and oxygen atoms in total. The van der Waals surface area contributed by atoms with E-state index in [0.717, 1.165) is 18.2 Å². The van der Waals surface area contributed by atoms with Gasteiger partial charge >= 0.3 is 0 Å². The zero-order chi connectivity index (χ0) is 14.5. The van der Waals surface area contributed by atoms with Crippen molar-refractivity contribution < 1.29 is 18.7 Å². The minimum absolute atomic E-state index is 0.299. The Bertz CT molecular complexity index is 447. The van der Waals surface area contributed by atoms with Crippen LogP contribution in [0.25, 0.3) is 0 Å². The predicted molar refractivity (Wildman–Crippen MR) is 72.3 cm³/mol. The van der Waals surface area contributed by atoms with Gasteiger partial charge in [0, 0.05) is 18.1 Å². The molecule has 1 amide bonds. The van der Waals surface area contributed by atoms with Crippen LogP contribution < -0.4 is 5.32 Å². The van der Waals surface area contributed by atoms with Crippen LogP contribution in [-0.4, -0.2) is 34.7 Å². The molecule has 1 aromatic carbocycles. The van der Waals surface area contributed by atoms with E-state index in [-0.39, 0.29) is 5.56 Å². The summed E-state index contributed by atoms with van der Waals surface area (Å²) in [5, 5.41) is 12.0. The molecule has 1 aromatic rings. The third-order valence-corrected chi connectivity index (χ3v) is 3.56. The molecule has 0 aliphatic heterocycles. The number of rotatable bonds is 6. The third kappa shape index (κ3) is 6.02. The second-order valence-electron chi connectivity index (χ2n) is 4.75. The van der Waals surface area contributed by atoms with Gasteiger partial charge in [0.25, 0.3) is 5.91 Å². The molecule has 106 valence electrons. The zero-order valence-electron chi connectivity index (χ0n) is 10.9. The fourth-order valence-electron chi connectivity index (χ4n) is 1.33. The van der Waals surface area contributed by atoms with Gasteiger partial charge in [0.2, 0.25) is 0 Å². The van der Waals surface area contributed by atoms with Crippen molar-refractivity contribution >= 4 is 17.7 Å². The summed E-state index contributed by atoms with van der Waals surface area (Å²) in [6.45, 7) is 3.72. The van der Waals surface area contributed by atoms with Crippen molar-refractivity contribution in [3.63, 3.8) is 0 Å². The van der Waals surface area contributed by atoms with E-state index in [4.69, 9.17) is 0 Å². The first-order chi connectivity index (χ1) is 8.79. The number of carbonyl (C=O) groups excluding carboxylic acids is 1. The standard InChI is InChI=1S/C13H17F2NO2S/c1-13(2,18)8-19-6-5-16-12(17)10-7-9(14)3-4-11(10)15/h3-4,7,18H,5-6,8H2,1-2H3,(H,16,17). The Kier molecular flexibility index (Phi) is 5.75. The molecule has 0 aliphatic rings. The van der Waals surface area contributed by atoms with Crippen LogP contribution in [0.1, 0.15) is 24.2 Å². The molecule has 0 heterocycles. The number of nitrogens with one attached hydrogen (secondary N) is 1. The van der Waals surface area contributed by atoms with Gasteiger partial charge in [-0.2, -0.15) is 11.8 Å². The SMILES string of the molecule is CC(C)(O)CSCCNC(=O)c1cc(F)ccc1F. The Balaban J connectivity index is 2.38. The molecule has 0 spiro atoms. The number of benzene rings is 1. The van der Waals surface area contributed by atoms with Crippen molar-refractivity contribution in [1.29, 1.82) is 0 Å². The molecule has 0 saturated carbocycles. The highest BCUT2D eigenvalue weighted by Crippen LogP contribution is 2.12. The molecule has 0 aliphatic carbocycles. The van der Waals surface area contributed by atoms with E-state index in [2.05, 4.69) is 5.32 Å². The monoisotopic (exact) mass is 289 g/mol. The molecule has 19 heavy (non-hydrogen) atoms. The van der Waals surface area contributed by atoms with Gasteiger partial charge in [-0.05, 0) is 32.0 Å². The summed E-state index contributed by atoms with van der Waals surface area (Å²) >= 11 is 1.47. The van der Waals surface area contributed by atoms with Crippen LogP contribution in [0.4, 0.5) is 8.78 Å². The lowest BCUT2D eigenvalue weighted by Gasteiger charge is -2.16. The Morgan fingerprint density at radius 2 is 2.11 bits per heavy atom. The molecule has 6 heteroatoms. The molecule has 0 saturated heterocycles. The first kappa shape index (κ1) is 15.9. The van der Waals surface area contributed by atoms with Gasteiger partial charge in [0.05, 0.1) is 11.2 Å². The average molecular weight is 289 g/mol. The lowest BCUT2D eigenvalue weighted by Crippen LogP contribution is -2.28. The molecule has 1 rings (SSSR count). The topological polar surface area (TPSA) is 49.3 Å². The highest BCUT2D eigenvalue weighted by Gasteiger charge is 2.13. The van der Waals surface area contributed by atoms with E-state index < -0.39 is 23.1 Å². The summed E-state index contributed by atoms with van der Waals surface area (Å²) in [5.41, 5.74) is -1.06. The number of aliphatic hydroxyl groups is 1. The van der Waals surface area contributed by atoms with E-state index in [1.807, 2.05) is 0 Å². The second-order valence-corrected chi connectivity index (χ2v) is 5.85. The molecule has 0 radical (unpaired) electrons. The maximum absolute atomic E-state index is 13.3. The Morgan fingerprint density at radius 3 is 2.74 bits per heavy atom. The van der Waals surface area contributed by atoms with Crippen molar-refractivity contribution in [2.24, 2.45) is 0 Å². The molecule has 0 unspecified atom stereocenters. The predicted octanol–water partition coefficient (Wildman–Crippen LogP) is 2.20. The lowest BCUT2D eigenvalue weighted by atomic mass is 10.2. The first-order valence-corrected chi connectivity index (χ1v) is 6.98. The van der Waals surface area contributed by atoms with E-state index >= 15 is 0 Å². The maximum Gasteiger partial charge on any atom is 0.254 e. The number of thioether (sulfide) groups is 1. The van der Waals surface area contributed by atoms with E-state index in [9.17, 15) is 18.7 Å². The summed E-state index contributed by atoms with van der Waals surface area (Å²) in [6, 6.07) is 2.76. The van der Waals surface area contributed by atoms with Crippen molar-refractivity contribution in [3.05, 3.63) is 35.4 Å². The van der Waals surface area contributed by atoms with E-state index in [1.54, 1.807) is 13.8 Å². The fraction of sp³-hybridized carbons (Fsp3) is 0.462. The largest absolute Gasteiger partial charge is 0.390 e. The Labute approximate surface area is 115 Å². The maximum atomic E-state index is 13.3. The van der Waals surface area contributed by atoms with Crippen molar-refractivity contribution in [2.45, 2.75) is 19.4 Å². The van der Waals surface area contributed by atoms with Crippen LogP contribution in [0.3, 0.4) is 0 Å². The average Bonchev–Trinajstić information content (AvgIpc) is 2.30. The zero-order valence-corrected chi connectivity index (χ0v) is 11.7. The van der Waals surface area contributed by atoms with Crippen LogP contribution in [0.5, 0.6) is 0 Å². The number of halogens is 2. The van der Waals surface area contributed by atoms with Gasteiger partial charge in [-0.3, -0.25) is 4.79 Å². The van der Waals surface area contributed by atoms with Gasteiger partial charge in [0.1, 0.15) is 11.6 Å². The third-order valence-electron chi connectivity index (χ3n) is 2.16. The van der Waals surface area contributed by atoms with Gasteiger partial charge < -0.3 is 10.4 Å². The normalized spacial score (nSPS) is 11.4. The lowest BCUT2D eigenvalue weighted by molar-refractivity contribution is 0.0951. The molecule has 0 fully saturated rings.